The number of nitrogens with one attached hydrogen (secondary N) is 1. The summed E-state index contributed by atoms with van der Waals surface area (Å²) in [6.45, 7) is 4.19. The van der Waals surface area contributed by atoms with E-state index in [2.05, 4.69) is 52.2 Å². The van der Waals surface area contributed by atoms with E-state index in [1.807, 2.05) is 19.2 Å². The minimum atomic E-state index is 0.896. The molecule has 1 aromatic heterocycles. The highest BCUT2D eigenvalue weighted by Gasteiger charge is 2.11. The lowest BCUT2D eigenvalue weighted by molar-refractivity contribution is 0.834. The van der Waals surface area contributed by atoms with E-state index in [1.54, 1.807) is 0 Å². The van der Waals surface area contributed by atoms with Crippen LogP contribution < -0.4 is 5.32 Å². The summed E-state index contributed by atoms with van der Waals surface area (Å²) >= 11 is 3.51. The summed E-state index contributed by atoms with van der Waals surface area (Å²) in [7, 11) is 1.90. The van der Waals surface area contributed by atoms with Crippen molar-refractivity contribution in [2.24, 2.45) is 0 Å². The van der Waals surface area contributed by atoms with Gasteiger partial charge in [-0.05, 0) is 25.5 Å². The molecule has 0 aliphatic rings. The molecule has 0 amide bonds. The zero-order chi connectivity index (χ0) is 13.8. The van der Waals surface area contributed by atoms with Crippen LogP contribution in [0.3, 0.4) is 0 Å². The molecule has 0 fully saturated rings. The lowest BCUT2D eigenvalue weighted by atomic mass is 10.1. The SMILES string of the molecule is CCCc1nc(NC)c(C)c(-c2cccc(Br)c2)n1. The summed E-state index contributed by atoms with van der Waals surface area (Å²) in [4.78, 5) is 9.27. The quantitative estimate of drug-likeness (QED) is 0.917. The van der Waals surface area contributed by atoms with E-state index in [0.29, 0.717) is 0 Å². The average molecular weight is 320 g/mol. The van der Waals surface area contributed by atoms with Crippen molar-refractivity contribution in [3.8, 4) is 11.3 Å². The molecule has 0 saturated carbocycles. The van der Waals surface area contributed by atoms with E-state index in [-0.39, 0.29) is 0 Å². The second-order valence-electron chi connectivity index (χ2n) is 4.47. The summed E-state index contributed by atoms with van der Waals surface area (Å²) < 4.78 is 1.06. The highest BCUT2D eigenvalue weighted by Crippen LogP contribution is 2.27. The standard InChI is InChI=1S/C15H18BrN3/c1-4-6-13-18-14(10(2)15(17-3)19-13)11-7-5-8-12(16)9-11/h5,7-9H,4,6H2,1-3H3,(H,17,18,19). The third-order valence-corrected chi connectivity index (χ3v) is 3.49. The van der Waals surface area contributed by atoms with Crippen molar-refractivity contribution in [2.45, 2.75) is 26.7 Å². The highest BCUT2D eigenvalue weighted by molar-refractivity contribution is 9.10. The molecule has 3 nitrogen and oxygen atoms in total. The summed E-state index contributed by atoms with van der Waals surface area (Å²) in [5, 5.41) is 3.16. The van der Waals surface area contributed by atoms with Gasteiger partial charge in [-0.1, -0.05) is 35.0 Å². The van der Waals surface area contributed by atoms with E-state index in [0.717, 1.165) is 45.8 Å². The molecule has 0 unspecified atom stereocenters. The van der Waals surface area contributed by atoms with Gasteiger partial charge in [0.05, 0.1) is 5.69 Å². The first-order valence-electron chi connectivity index (χ1n) is 6.47. The average Bonchev–Trinajstić information content (AvgIpc) is 2.41. The van der Waals surface area contributed by atoms with Crippen molar-refractivity contribution in [1.29, 1.82) is 0 Å². The van der Waals surface area contributed by atoms with E-state index in [4.69, 9.17) is 4.98 Å². The fraction of sp³-hybridized carbons (Fsp3) is 0.333. The van der Waals surface area contributed by atoms with Crippen LogP contribution in [0.4, 0.5) is 5.82 Å². The van der Waals surface area contributed by atoms with Gasteiger partial charge in [0.15, 0.2) is 0 Å². The van der Waals surface area contributed by atoms with Gasteiger partial charge in [-0.3, -0.25) is 0 Å². The maximum Gasteiger partial charge on any atom is 0.132 e. The van der Waals surface area contributed by atoms with Crippen LogP contribution in [-0.4, -0.2) is 17.0 Å². The van der Waals surface area contributed by atoms with Gasteiger partial charge in [-0.2, -0.15) is 0 Å². The zero-order valence-corrected chi connectivity index (χ0v) is 13.1. The maximum absolute atomic E-state index is 4.71. The monoisotopic (exact) mass is 319 g/mol. The number of aromatic nitrogens is 2. The number of anilines is 1. The zero-order valence-electron chi connectivity index (χ0n) is 11.5. The Morgan fingerprint density at radius 2 is 2.05 bits per heavy atom. The van der Waals surface area contributed by atoms with E-state index in [9.17, 15) is 0 Å². The topological polar surface area (TPSA) is 37.8 Å². The van der Waals surface area contributed by atoms with Crippen LogP contribution in [0.2, 0.25) is 0 Å². The highest BCUT2D eigenvalue weighted by atomic mass is 79.9. The Morgan fingerprint density at radius 3 is 2.68 bits per heavy atom. The van der Waals surface area contributed by atoms with Gasteiger partial charge in [0.2, 0.25) is 0 Å². The van der Waals surface area contributed by atoms with Crippen LogP contribution in [0.15, 0.2) is 28.7 Å². The Labute approximate surface area is 122 Å². The molecule has 1 heterocycles. The predicted octanol–water partition coefficient (Wildman–Crippen LogP) is 4.21. The van der Waals surface area contributed by atoms with Crippen LogP contribution in [0.25, 0.3) is 11.3 Å². The molecule has 0 radical (unpaired) electrons. The van der Waals surface area contributed by atoms with Gasteiger partial charge in [-0.15, -0.1) is 0 Å². The Kier molecular flexibility index (Phi) is 4.53. The van der Waals surface area contributed by atoms with E-state index >= 15 is 0 Å². The molecule has 19 heavy (non-hydrogen) atoms. The Bertz CT molecular complexity index is 582. The van der Waals surface area contributed by atoms with Crippen LogP contribution >= 0.6 is 15.9 Å². The van der Waals surface area contributed by atoms with Crippen LogP contribution in [-0.2, 0) is 6.42 Å². The van der Waals surface area contributed by atoms with Gasteiger partial charge >= 0.3 is 0 Å². The van der Waals surface area contributed by atoms with Gasteiger partial charge in [0.1, 0.15) is 11.6 Å². The molecule has 0 bridgehead atoms. The number of nitrogens with zero attached hydrogens (tertiary/aromatic N) is 2. The lowest BCUT2D eigenvalue weighted by Gasteiger charge is -2.12. The molecule has 4 heteroatoms. The number of aryl methyl sites for hydroxylation is 1. The van der Waals surface area contributed by atoms with Crippen LogP contribution in [0.1, 0.15) is 24.7 Å². The molecule has 0 aliphatic carbocycles. The molecule has 0 atom stereocenters. The Hall–Kier alpha value is -1.42. The van der Waals surface area contributed by atoms with Crippen molar-refractivity contribution in [1.82, 2.24) is 9.97 Å². The molecule has 2 aromatic rings. The molecule has 100 valence electrons. The summed E-state index contributed by atoms with van der Waals surface area (Å²) in [5.74, 6) is 1.81. The smallest absolute Gasteiger partial charge is 0.132 e. The van der Waals surface area contributed by atoms with Crippen molar-refractivity contribution < 1.29 is 0 Å². The molecule has 1 N–H and O–H groups in total. The van der Waals surface area contributed by atoms with Crippen molar-refractivity contribution in [3.63, 3.8) is 0 Å². The maximum atomic E-state index is 4.71. The van der Waals surface area contributed by atoms with Crippen molar-refractivity contribution in [3.05, 3.63) is 40.1 Å². The second-order valence-corrected chi connectivity index (χ2v) is 5.39. The van der Waals surface area contributed by atoms with E-state index < -0.39 is 0 Å². The summed E-state index contributed by atoms with van der Waals surface area (Å²) in [6, 6.07) is 8.21. The van der Waals surface area contributed by atoms with Crippen LogP contribution in [0, 0.1) is 6.92 Å². The Morgan fingerprint density at radius 1 is 1.26 bits per heavy atom. The first-order valence-corrected chi connectivity index (χ1v) is 7.26. The van der Waals surface area contributed by atoms with Gasteiger partial charge < -0.3 is 5.32 Å². The number of halogens is 1. The van der Waals surface area contributed by atoms with Crippen LogP contribution in [0.5, 0.6) is 0 Å². The molecule has 0 saturated heterocycles. The lowest BCUT2D eigenvalue weighted by Crippen LogP contribution is -2.05. The number of rotatable bonds is 4. The third kappa shape index (κ3) is 3.13. The normalized spacial score (nSPS) is 10.5. The fourth-order valence-corrected chi connectivity index (χ4v) is 2.46. The van der Waals surface area contributed by atoms with E-state index in [1.165, 1.54) is 0 Å². The largest absolute Gasteiger partial charge is 0.373 e. The summed E-state index contributed by atoms with van der Waals surface area (Å²) in [5.41, 5.74) is 3.20. The first kappa shape index (κ1) is 14.0. The molecule has 2 rings (SSSR count). The Balaban J connectivity index is 2.57. The molecule has 1 aromatic carbocycles. The molecule has 0 aliphatic heterocycles. The third-order valence-electron chi connectivity index (χ3n) is 3.00. The predicted molar refractivity (Wildman–Crippen MR) is 83.4 cm³/mol. The van der Waals surface area contributed by atoms with Gasteiger partial charge in [-0.25, -0.2) is 9.97 Å². The second kappa shape index (κ2) is 6.15. The minimum absolute atomic E-state index is 0.896. The van der Waals surface area contributed by atoms with Crippen molar-refractivity contribution >= 4 is 21.7 Å². The van der Waals surface area contributed by atoms with Crippen molar-refractivity contribution in [2.75, 3.05) is 12.4 Å². The molecule has 0 spiro atoms. The number of benzene rings is 1. The van der Waals surface area contributed by atoms with Gasteiger partial charge in [0, 0.05) is 29.1 Å². The molecular formula is C15H18BrN3. The number of hydrogen-bond donors (Lipinski definition) is 1. The number of hydrogen-bond acceptors (Lipinski definition) is 3. The first-order chi connectivity index (χ1) is 9.15. The summed E-state index contributed by atoms with van der Waals surface area (Å²) in [6.07, 6.45) is 1.94. The molecular weight excluding hydrogens is 302 g/mol. The fourth-order valence-electron chi connectivity index (χ4n) is 2.06. The minimum Gasteiger partial charge on any atom is -0.373 e. The van der Waals surface area contributed by atoms with Gasteiger partial charge in [0.25, 0.3) is 0 Å².